The van der Waals surface area contributed by atoms with Gasteiger partial charge in [-0.15, -0.1) is 0 Å². The molecular formula is C12H27N3O3S. The van der Waals surface area contributed by atoms with Gasteiger partial charge in [-0.2, -0.15) is 0 Å². The van der Waals surface area contributed by atoms with E-state index in [4.69, 9.17) is 4.74 Å². The minimum Gasteiger partial charge on any atom is -0.382 e. The van der Waals surface area contributed by atoms with Gasteiger partial charge in [0, 0.05) is 38.6 Å². The van der Waals surface area contributed by atoms with Crippen LogP contribution < -0.4 is 10.6 Å². The van der Waals surface area contributed by atoms with Crippen LogP contribution >= 0.6 is 0 Å². The lowest BCUT2D eigenvalue weighted by Gasteiger charge is -2.14. The fourth-order valence-corrected chi connectivity index (χ4v) is 1.76. The Labute approximate surface area is 116 Å². The van der Waals surface area contributed by atoms with E-state index in [0.29, 0.717) is 32.3 Å². The molecule has 0 aliphatic heterocycles. The zero-order chi connectivity index (χ0) is 14.7. The van der Waals surface area contributed by atoms with Crippen LogP contribution in [0, 0.1) is 0 Å². The molecule has 0 bridgehead atoms. The first-order valence-electron chi connectivity index (χ1n) is 6.65. The van der Waals surface area contributed by atoms with E-state index in [0.717, 1.165) is 6.42 Å². The highest BCUT2D eigenvalue weighted by atomic mass is 32.2. The maximum absolute atomic E-state index is 11.1. The Morgan fingerprint density at radius 3 is 2.58 bits per heavy atom. The number of rotatable bonds is 9. The summed E-state index contributed by atoms with van der Waals surface area (Å²) in [5.41, 5.74) is 0. The van der Waals surface area contributed by atoms with E-state index in [-0.39, 0.29) is 11.8 Å². The maximum Gasteiger partial charge on any atom is 0.191 e. The Hall–Kier alpha value is -0.820. The number of hydrogen-bond donors (Lipinski definition) is 2. The maximum atomic E-state index is 11.1. The Balaban J connectivity index is 4.10. The number of ether oxygens (including phenoxy) is 1. The molecule has 2 N–H and O–H groups in total. The molecule has 0 aromatic rings. The van der Waals surface area contributed by atoms with Gasteiger partial charge in [0.15, 0.2) is 5.96 Å². The van der Waals surface area contributed by atoms with Crippen LogP contribution in [0.25, 0.3) is 0 Å². The van der Waals surface area contributed by atoms with Crippen LogP contribution in [0.15, 0.2) is 4.99 Å². The highest BCUT2D eigenvalue weighted by molar-refractivity contribution is 7.90. The molecule has 0 radical (unpaired) electrons. The third-order valence-electron chi connectivity index (χ3n) is 2.11. The molecular weight excluding hydrogens is 266 g/mol. The highest BCUT2D eigenvalue weighted by Crippen LogP contribution is 1.87. The highest BCUT2D eigenvalue weighted by Gasteiger charge is 2.04. The second-order valence-electron chi connectivity index (χ2n) is 4.64. The van der Waals surface area contributed by atoms with Gasteiger partial charge in [0.2, 0.25) is 0 Å². The quantitative estimate of drug-likeness (QED) is 0.365. The van der Waals surface area contributed by atoms with Crippen LogP contribution in [-0.4, -0.2) is 58.7 Å². The van der Waals surface area contributed by atoms with Crippen molar-refractivity contribution in [3.8, 4) is 0 Å². The Morgan fingerprint density at radius 1 is 1.37 bits per heavy atom. The van der Waals surface area contributed by atoms with E-state index >= 15 is 0 Å². The van der Waals surface area contributed by atoms with Crippen molar-refractivity contribution in [2.75, 3.05) is 38.3 Å². The second-order valence-corrected chi connectivity index (χ2v) is 6.90. The van der Waals surface area contributed by atoms with E-state index < -0.39 is 9.84 Å². The Kier molecular flexibility index (Phi) is 9.59. The van der Waals surface area contributed by atoms with Gasteiger partial charge in [-0.05, 0) is 27.2 Å². The molecule has 0 saturated carbocycles. The first-order chi connectivity index (χ1) is 8.85. The number of sulfone groups is 1. The average Bonchev–Trinajstić information content (AvgIpc) is 2.26. The molecule has 0 heterocycles. The molecule has 0 aromatic carbocycles. The predicted octanol–water partition coefficient (Wildman–Crippen LogP) is 0.401. The third-order valence-corrected chi connectivity index (χ3v) is 3.06. The number of guanidine groups is 1. The second kappa shape index (κ2) is 10.0. The van der Waals surface area contributed by atoms with Crippen LogP contribution in [0.5, 0.6) is 0 Å². The summed E-state index contributed by atoms with van der Waals surface area (Å²) in [4.78, 5) is 4.37. The molecule has 7 heteroatoms. The van der Waals surface area contributed by atoms with Crippen molar-refractivity contribution in [3.63, 3.8) is 0 Å². The summed E-state index contributed by atoms with van der Waals surface area (Å²) in [5, 5.41) is 6.18. The predicted molar refractivity (Wildman–Crippen MR) is 79.4 cm³/mol. The number of nitrogens with one attached hydrogen (secondary N) is 2. The minimum absolute atomic E-state index is 0.102. The fraction of sp³-hybridized carbons (Fsp3) is 0.917. The molecule has 19 heavy (non-hydrogen) atoms. The summed E-state index contributed by atoms with van der Waals surface area (Å²) >= 11 is 0. The fourth-order valence-electron chi connectivity index (χ4n) is 1.28. The SMILES string of the molecule is CCOCCCN=C(NCCS(C)(=O)=O)NC(C)C. The minimum atomic E-state index is -2.95. The van der Waals surface area contributed by atoms with Gasteiger partial charge in [0.25, 0.3) is 0 Å². The van der Waals surface area contributed by atoms with Crippen LogP contribution in [0.2, 0.25) is 0 Å². The van der Waals surface area contributed by atoms with Crippen molar-refractivity contribution in [2.45, 2.75) is 33.2 Å². The molecule has 0 unspecified atom stereocenters. The van der Waals surface area contributed by atoms with Crippen molar-refractivity contribution in [3.05, 3.63) is 0 Å². The molecule has 6 nitrogen and oxygen atoms in total. The summed E-state index contributed by atoms with van der Waals surface area (Å²) in [6.45, 7) is 8.40. The van der Waals surface area contributed by atoms with Gasteiger partial charge >= 0.3 is 0 Å². The summed E-state index contributed by atoms with van der Waals surface area (Å²) in [6.07, 6.45) is 2.08. The third kappa shape index (κ3) is 13.4. The summed E-state index contributed by atoms with van der Waals surface area (Å²) < 4.78 is 27.3. The van der Waals surface area contributed by atoms with E-state index in [1.807, 2.05) is 20.8 Å². The standard InChI is InChI=1S/C12H27N3O3S/c1-5-18-9-6-7-13-12(15-11(2)3)14-8-10-19(4,16)17/h11H,5-10H2,1-4H3,(H2,13,14,15). The normalized spacial score (nSPS) is 12.8. The zero-order valence-corrected chi connectivity index (χ0v) is 13.2. The van der Waals surface area contributed by atoms with Crippen molar-refractivity contribution >= 4 is 15.8 Å². The molecule has 0 saturated heterocycles. The molecule has 0 rings (SSSR count). The van der Waals surface area contributed by atoms with Crippen LogP contribution in [0.3, 0.4) is 0 Å². The summed E-state index contributed by atoms with van der Waals surface area (Å²) in [6, 6.07) is 0.247. The Morgan fingerprint density at radius 2 is 2.05 bits per heavy atom. The molecule has 0 aliphatic rings. The smallest absolute Gasteiger partial charge is 0.191 e. The number of hydrogen-bond acceptors (Lipinski definition) is 4. The topological polar surface area (TPSA) is 79.8 Å². The lowest BCUT2D eigenvalue weighted by molar-refractivity contribution is 0.146. The van der Waals surface area contributed by atoms with Gasteiger partial charge in [-0.1, -0.05) is 0 Å². The molecule has 0 fully saturated rings. The molecule has 0 atom stereocenters. The van der Waals surface area contributed by atoms with E-state index in [9.17, 15) is 8.42 Å². The summed E-state index contributed by atoms with van der Waals surface area (Å²) in [7, 11) is -2.95. The van der Waals surface area contributed by atoms with Gasteiger partial charge < -0.3 is 15.4 Å². The summed E-state index contributed by atoms with van der Waals surface area (Å²) in [5.74, 6) is 0.750. The van der Waals surface area contributed by atoms with Gasteiger partial charge in [-0.3, -0.25) is 4.99 Å². The van der Waals surface area contributed by atoms with Crippen molar-refractivity contribution in [1.29, 1.82) is 0 Å². The van der Waals surface area contributed by atoms with Gasteiger partial charge in [0.1, 0.15) is 9.84 Å². The first kappa shape index (κ1) is 18.2. The van der Waals surface area contributed by atoms with E-state index in [1.165, 1.54) is 6.26 Å². The van der Waals surface area contributed by atoms with Crippen LogP contribution in [0.4, 0.5) is 0 Å². The van der Waals surface area contributed by atoms with Crippen LogP contribution in [-0.2, 0) is 14.6 Å². The van der Waals surface area contributed by atoms with E-state index in [1.54, 1.807) is 0 Å². The number of aliphatic imine (C=N–C) groups is 1. The molecule has 0 aliphatic carbocycles. The van der Waals surface area contributed by atoms with Crippen LogP contribution in [0.1, 0.15) is 27.2 Å². The van der Waals surface area contributed by atoms with E-state index in [2.05, 4.69) is 15.6 Å². The average molecular weight is 293 g/mol. The van der Waals surface area contributed by atoms with Gasteiger partial charge in [-0.25, -0.2) is 8.42 Å². The monoisotopic (exact) mass is 293 g/mol. The molecule has 114 valence electrons. The van der Waals surface area contributed by atoms with Crippen molar-refractivity contribution in [1.82, 2.24) is 10.6 Å². The lowest BCUT2D eigenvalue weighted by Crippen LogP contribution is -2.42. The molecule has 0 spiro atoms. The zero-order valence-electron chi connectivity index (χ0n) is 12.4. The molecule has 0 amide bonds. The molecule has 0 aromatic heterocycles. The van der Waals surface area contributed by atoms with Crippen molar-refractivity contribution in [2.24, 2.45) is 4.99 Å². The number of nitrogens with zero attached hydrogens (tertiary/aromatic N) is 1. The largest absolute Gasteiger partial charge is 0.382 e. The first-order valence-corrected chi connectivity index (χ1v) is 8.71. The van der Waals surface area contributed by atoms with Gasteiger partial charge in [0.05, 0.1) is 5.75 Å². The van der Waals surface area contributed by atoms with Crippen molar-refractivity contribution < 1.29 is 13.2 Å². The lowest BCUT2D eigenvalue weighted by atomic mass is 10.4. The Bertz CT molecular complexity index is 353.